The topological polar surface area (TPSA) is 42.0 Å². The van der Waals surface area contributed by atoms with E-state index in [1.165, 1.54) is 11.3 Å². The van der Waals surface area contributed by atoms with Crippen molar-refractivity contribution in [3.8, 4) is 0 Å². The molecule has 0 aliphatic heterocycles. The van der Waals surface area contributed by atoms with Crippen molar-refractivity contribution < 1.29 is 4.79 Å². The summed E-state index contributed by atoms with van der Waals surface area (Å²) in [6.07, 6.45) is 3.17. The lowest BCUT2D eigenvalue weighted by atomic mass is 10.0. The number of carbonyl (C=O) groups excluding carboxylic acids is 1. The molecule has 1 rings (SSSR count). The molecule has 96 valence electrons. The van der Waals surface area contributed by atoms with Gasteiger partial charge in [0.2, 0.25) is 0 Å². The van der Waals surface area contributed by atoms with Crippen LogP contribution in [0.25, 0.3) is 0 Å². The summed E-state index contributed by atoms with van der Waals surface area (Å²) in [5.74, 6) is 1.04. The van der Waals surface area contributed by atoms with Gasteiger partial charge < -0.3 is 5.32 Å². The third kappa shape index (κ3) is 5.04. The molecule has 5 heteroatoms. The van der Waals surface area contributed by atoms with Crippen LogP contribution >= 0.6 is 22.9 Å². The Bertz CT molecular complexity index is 348. The van der Waals surface area contributed by atoms with E-state index < -0.39 is 0 Å². The van der Waals surface area contributed by atoms with Crippen LogP contribution in [0.1, 0.15) is 41.7 Å². The van der Waals surface area contributed by atoms with E-state index in [4.69, 9.17) is 11.6 Å². The third-order valence-corrected chi connectivity index (χ3v) is 3.61. The Morgan fingerprint density at radius 3 is 2.88 bits per heavy atom. The van der Waals surface area contributed by atoms with Crippen LogP contribution in [0.2, 0.25) is 0 Å². The summed E-state index contributed by atoms with van der Waals surface area (Å²) in [5.41, 5.74) is 0.522. The van der Waals surface area contributed by atoms with Gasteiger partial charge in [-0.3, -0.25) is 4.79 Å². The zero-order valence-electron chi connectivity index (χ0n) is 10.3. The lowest BCUT2D eigenvalue weighted by Crippen LogP contribution is -2.29. The first-order valence-electron chi connectivity index (χ1n) is 5.93. The average molecular weight is 275 g/mol. The van der Waals surface area contributed by atoms with Crippen LogP contribution in [0.5, 0.6) is 0 Å². The largest absolute Gasteiger partial charge is 0.350 e. The maximum Gasteiger partial charge on any atom is 0.270 e. The summed E-state index contributed by atoms with van der Waals surface area (Å²) in [6.45, 7) is 4.73. The van der Waals surface area contributed by atoms with E-state index in [-0.39, 0.29) is 5.91 Å². The minimum Gasteiger partial charge on any atom is -0.350 e. The summed E-state index contributed by atoms with van der Waals surface area (Å²) in [7, 11) is 0. The maximum absolute atomic E-state index is 11.8. The van der Waals surface area contributed by atoms with Crippen LogP contribution in [0, 0.1) is 12.8 Å². The fraction of sp³-hybridized carbons (Fsp3) is 0.667. The molecule has 1 aromatic rings. The number of rotatable bonds is 7. The highest BCUT2D eigenvalue weighted by molar-refractivity contribution is 7.09. The maximum atomic E-state index is 11.8. The standard InChI is InChI=1S/C12H19ClN2OS/c1-3-4-10(5-6-13)7-14-12(16)11-8-17-9(2)15-11/h8,10H,3-7H2,1-2H3,(H,14,16). The van der Waals surface area contributed by atoms with Crippen molar-refractivity contribution in [3.05, 3.63) is 16.1 Å². The van der Waals surface area contributed by atoms with Gasteiger partial charge >= 0.3 is 0 Å². The van der Waals surface area contributed by atoms with E-state index in [2.05, 4.69) is 17.2 Å². The van der Waals surface area contributed by atoms with Crippen molar-refractivity contribution in [1.29, 1.82) is 0 Å². The Kier molecular flexibility index (Phi) is 6.52. The molecule has 0 saturated heterocycles. The highest BCUT2D eigenvalue weighted by atomic mass is 35.5. The molecule has 1 aromatic heterocycles. The Balaban J connectivity index is 2.40. The molecule has 1 unspecified atom stereocenters. The van der Waals surface area contributed by atoms with Crippen LogP contribution < -0.4 is 5.32 Å². The first-order chi connectivity index (χ1) is 8.17. The van der Waals surface area contributed by atoms with Crippen LogP contribution in [-0.2, 0) is 0 Å². The summed E-state index contributed by atoms with van der Waals surface area (Å²) in [5, 5.41) is 5.64. The molecule has 3 nitrogen and oxygen atoms in total. The Hall–Kier alpha value is -0.610. The summed E-state index contributed by atoms with van der Waals surface area (Å²) in [6, 6.07) is 0. The van der Waals surface area contributed by atoms with Crippen molar-refractivity contribution in [3.63, 3.8) is 0 Å². The summed E-state index contributed by atoms with van der Waals surface area (Å²) < 4.78 is 0. The van der Waals surface area contributed by atoms with Gasteiger partial charge in [-0.1, -0.05) is 13.3 Å². The third-order valence-electron chi connectivity index (χ3n) is 2.62. The highest BCUT2D eigenvalue weighted by Gasteiger charge is 2.12. The lowest BCUT2D eigenvalue weighted by molar-refractivity contribution is 0.0941. The van der Waals surface area contributed by atoms with Crippen LogP contribution in [0.3, 0.4) is 0 Å². The average Bonchev–Trinajstić information content (AvgIpc) is 2.73. The molecule has 17 heavy (non-hydrogen) atoms. The van der Waals surface area contributed by atoms with Crippen molar-refractivity contribution in [1.82, 2.24) is 10.3 Å². The van der Waals surface area contributed by atoms with Gasteiger partial charge in [0.25, 0.3) is 5.91 Å². The van der Waals surface area contributed by atoms with Gasteiger partial charge in [-0.2, -0.15) is 0 Å². The Morgan fingerprint density at radius 1 is 1.59 bits per heavy atom. The number of nitrogens with zero attached hydrogens (tertiary/aromatic N) is 1. The first kappa shape index (κ1) is 14.5. The molecule has 1 heterocycles. The summed E-state index contributed by atoms with van der Waals surface area (Å²) in [4.78, 5) is 15.9. The van der Waals surface area contributed by atoms with E-state index in [0.29, 0.717) is 24.0 Å². The molecule has 0 bridgehead atoms. The molecule has 0 aromatic carbocycles. The van der Waals surface area contributed by atoms with Crippen molar-refractivity contribution >= 4 is 28.8 Å². The molecule has 1 amide bonds. The van der Waals surface area contributed by atoms with Crippen molar-refractivity contribution in [2.75, 3.05) is 12.4 Å². The van der Waals surface area contributed by atoms with Gasteiger partial charge in [0.15, 0.2) is 0 Å². The second-order valence-electron chi connectivity index (χ2n) is 4.09. The predicted molar refractivity (Wildman–Crippen MR) is 72.9 cm³/mol. The number of amides is 1. The van der Waals surface area contributed by atoms with Crippen LogP contribution in [0.4, 0.5) is 0 Å². The number of alkyl halides is 1. The number of nitrogens with one attached hydrogen (secondary N) is 1. The molecule has 0 radical (unpaired) electrons. The Morgan fingerprint density at radius 2 is 2.35 bits per heavy atom. The second kappa shape index (κ2) is 7.67. The monoisotopic (exact) mass is 274 g/mol. The van der Waals surface area contributed by atoms with E-state index in [0.717, 1.165) is 24.3 Å². The molecule has 0 aliphatic rings. The van der Waals surface area contributed by atoms with Gasteiger partial charge in [0.1, 0.15) is 5.69 Å². The van der Waals surface area contributed by atoms with Gasteiger partial charge in [-0.15, -0.1) is 22.9 Å². The zero-order valence-corrected chi connectivity index (χ0v) is 11.9. The van der Waals surface area contributed by atoms with Gasteiger partial charge in [0, 0.05) is 17.8 Å². The molecule has 1 N–H and O–H groups in total. The minimum absolute atomic E-state index is 0.0787. The number of carbonyl (C=O) groups is 1. The van der Waals surface area contributed by atoms with Crippen molar-refractivity contribution in [2.45, 2.75) is 33.1 Å². The van der Waals surface area contributed by atoms with Crippen LogP contribution in [-0.4, -0.2) is 23.3 Å². The number of aryl methyl sites for hydroxylation is 1. The molecule has 0 fully saturated rings. The van der Waals surface area contributed by atoms with E-state index in [1.54, 1.807) is 5.38 Å². The second-order valence-corrected chi connectivity index (χ2v) is 5.53. The zero-order chi connectivity index (χ0) is 12.7. The number of halogens is 1. The highest BCUT2D eigenvalue weighted by Crippen LogP contribution is 2.12. The van der Waals surface area contributed by atoms with E-state index in [1.807, 2.05) is 6.92 Å². The SMILES string of the molecule is CCCC(CCCl)CNC(=O)c1csc(C)n1. The summed E-state index contributed by atoms with van der Waals surface area (Å²) >= 11 is 7.24. The van der Waals surface area contributed by atoms with Gasteiger partial charge in [-0.05, 0) is 25.7 Å². The number of aromatic nitrogens is 1. The molecule has 0 saturated carbocycles. The van der Waals surface area contributed by atoms with Gasteiger partial charge in [0.05, 0.1) is 5.01 Å². The number of thiazole rings is 1. The van der Waals surface area contributed by atoms with Crippen molar-refractivity contribution in [2.24, 2.45) is 5.92 Å². The predicted octanol–water partition coefficient (Wildman–Crippen LogP) is 3.23. The normalized spacial score (nSPS) is 12.4. The van der Waals surface area contributed by atoms with E-state index in [9.17, 15) is 4.79 Å². The van der Waals surface area contributed by atoms with E-state index >= 15 is 0 Å². The fourth-order valence-corrected chi connectivity index (χ4v) is 2.61. The fourth-order valence-electron chi connectivity index (χ4n) is 1.71. The van der Waals surface area contributed by atoms with Crippen LogP contribution in [0.15, 0.2) is 5.38 Å². The molecule has 0 spiro atoms. The quantitative estimate of drug-likeness (QED) is 0.776. The van der Waals surface area contributed by atoms with Gasteiger partial charge in [-0.25, -0.2) is 4.98 Å². The molecule has 0 aliphatic carbocycles. The number of hydrogen-bond acceptors (Lipinski definition) is 3. The first-order valence-corrected chi connectivity index (χ1v) is 7.35. The number of hydrogen-bond donors (Lipinski definition) is 1. The molecular formula is C12H19ClN2OS. The molecule has 1 atom stereocenters. The Labute approximate surface area is 112 Å². The smallest absolute Gasteiger partial charge is 0.270 e. The minimum atomic E-state index is -0.0787. The molecular weight excluding hydrogens is 256 g/mol. The lowest BCUT2D eigenvalue weighted by Gasteiger charge is -2.14.